The SMILES string of the molecule is CN[C@H]1CC[C@H](OCCN2CCC(F)(F)CC2)CC1. The predicted octanol–water partition coefficient (Wildman–Crippen LogP) is 2.26. The molecule has 1 saturated carbocycles. The molecule has 0 spiro atoms. The third-order valence-corrected chi connectivity index (χ3v) is 4.43. The van der Waals surface area contributed by atoms with Gasteiger partial charge in [-0.05, 0) is 32.7 Å². The van der Waals surface area contributed by atoms with Gasteiger partial charge in [-0.15, -0.1) is 0 Å². The molecule has 0 bridgehead atoms. The van der Waals surface area contributed by atoms with Crippen molar-refractivity contribution in [1.82, 2.24) is 10.2 Å². The summed E-state index contributed by atoms with van der Waals surface area (Å²) in [5, 5.41) is 3.31. The third-order valence-electron chi connectivity index (χ3n) is 4.43. The van der Waals surface area contributed by atoms with E-state index in [1.54, 1.807) is 0 Å². The zero-order valence-electron chi connectivity index (χ0n) is 11.8. The van der Waals surface area contributed by atoms with Crippen molar-refractivity contribution >= 4 is 0 Å². The number of hydrogen-bond acceptors (Lipinski definition) is 3. The first kappa shape index (κ1) is 15.1. The number of nitrogens with zero attached hydrogens (tertiary/aromatic N) is 1. The van der Waals surface area contributed by atoms with Gasteiger partial charge in [0.15, 0.2) is 0 Å². The topological polar surface area (TPSA) is 24.5 Å². The van der Waals surface area contributed by atoms with Gasteiger partial charge >= 0.3 is 0 Å². The fourth-order valence-corrected chi connectivity index (χ4v) is 2.97. The van der Waals surface area contributed by atoms with Gasteiger partial charge in [0, 0.05) is 38.5 Å². The maximum absolute atomic E-state index is 13.0. The smallest absolute Gasteiger partial charge is 0.250 e. The standard InChI is InChI=1S/C14H26F2N2O/c1-17-12-2-4-13(5-3-12)19-11-10-18-8-6-14(15,16)7-9-18/h12-13,17H,2-11H2,1H3/t12-,13-. The lowest BCUT2D eigenvalue weighted by Crippen LogP contribution is -2.41. The maximum Gasteiger partial charge on any atom is 0.250 e. The average Bonchev–Trinajstić information content (AvgIpc) is 2.41. The molecule has 0 aromatic carbocycles. The Morgan fingerprint density at radius 2 is 1.79 bits per heavy atom. The Hall–Kier alpha value is -0.260. The summed E-state index contributed by atoms with van der Waals surface area (Å²) in [6, 6.07) is 0.643. The summed E-state index contributed by atoms with van der Waals surface area (Å²) in [5.41, 5.74) is 0. The zero-order chi connectivity index (χ0) is 13.7. The minimum atomic E-state index is -2.44. The van der Waals surface area contributed by atoms with Gasteiger partial charge in [-0.3, -0.25) is 0 Å². The van der Waals surface area contributed by atoms with Crippen LogP contribution in [0.5, 0.6) is 0 Å². The molecular weight excluding hydrogens is 250 g/mol. The second-order valence-corrected chi connectivity index (χ2v) is 5.83. The molecule has 0 aromatic rings. The molecule has 1 aliphatic heterocycles. The molecule has 1 saturated heterocycles. The van der Waals surface area contributed by atoms with Gasteiger partial charge in [0.05, 0.1) is 12.7 Å². The number of ether oxygens (including phenoxy) is 1. The van der Waals surface area contributed by atoms with Crippen LogP contribution in [0, 0.1) is 0 Å². The molecule has 0 aromatic heterocycles. The predicted molar refractivity (Wildman–Crippen MR) is 71.7 cm³/mol. The maximum atomic E-state index is 13.0. The van der Waals surface area contributed by atoms with Crippen LogP contribution >= 0.6 is 0 Å². The number of likely N-dealkylation sites (tertiary alicyclic amines) is 1. The molecule has 0 unspecified atom stereocenters. The van der Waals surface area contributed by atoms with Crippen LogP contribution in [0.15, 0.2) is 0 Å². The largest absolute Gasteiger partial charge is 0.377 e. The van der Waals surface area contributed by atoms with Crippen molar-refractivity contribution in [3.63, 3.8) is 0 Å². The van der Waals surface area contributed by atoms with Crippen molar-refractivity contribution in [2.45, 2.75) is 56.6 Å². The van der Waals surface area contributed by atoms with Gasteiger partial charge in [-0.1, -0.05) is 0 Å². The molecular formula is C14H26F2N2O. The van der Waals surface area contributed by atoms with Crippen LogP contribution in [-0.2, 0) is 4.74 Å². The van der Waals surface area contributed by atoms with Crippen LogP contribution in [0.25, 0.3) is 0 Å². The first-order valence-electron chi connectivity index (χ1n) is 7.48. The van der Waals surface area contributed by atoms with E-state index in [-0.39, 0.29) is 12.8 Å². The van der Waals surface area contributed by atoms with Gasteiger partial charge < -0.3 is 15.0 Å². The van der Waals surface area contributed by atoms with Crippen molar-refractivity contribution in [3.8, 4) is 0 Å². The molecule has 2 rings (SSSR count). The highest BCUT2D eigenvalue weighted by atomic mass is 19.3. The summed E-state index contributed by atoms with van der Waals surface area (Å²) >= 11 is 0. The van der Waals surface area contributed by atoms with E-state index < -0.39 is 5.92 Å². The summed E-state index contributed by atoms with van der Waals surface area (Å²) in [7, 11) is 2.01. The summed E-state index contributed by atoms with van der Waals surface area (Å²) in [6.45, 7) is 2.48. The molecule has 0 atom stereocenters. The van der Waals surface area contributed by atoms with Gasteiger partial charge in [0.2, 0.25) is 0 Å². The van der Waals surface area contributed by atoms with E-state index in [0.717, 1.165) is 19.4 Å². The Kier molecular flexibility index (Phi) is 5.54. The summed E-state index contributed by atoms with van der Waals surface area (Å²) in [4.78, 5) is 2.09. The monoisotopic (exact) mass is 276 g/mol. The molecule has 0 amide bonds. The van der Waals surface area contributed by atoms with Crippen molar-refractivity contribution in [1.29, 1.82) is 0 Å². The van der Waals surface area contributed by atoms with Gasteiger partial charge in [0.1, 0.15) is 0 Å². The van der Waals surface area contributed by atoms with Gasteiger partial charge in [0.25, 0.3) is 5.92 Å². The Bertz CT molecular complexity index is 258. The lowest BCUT2D eigenvalue weighted by atomic mass is 9.93. The number of rotatable bonds is 5. The number of nitrogens with one attached hydrogen (secondary N) is 1. The van der Waals surface area contributed by atoms with Gasteiger partial charge in [-0.25, -0.2) is 8.78 Å². The van der Waals surface area contributed by atoms with Crippen LogP contribution in [-0.4, -0.2) is 56.3 Å². The molecule has 19 heavy (non-hydrogen) atoms. The number of hydrogen-bond donors (Lipinski definition) is 1. The van der Waals surface area contributed by atoms with E-state index in [9.17, 15) is 8.78 Å². The number of piperidine rings is 1. The summed E-state index contributed by atoms with van der Waals surface area (Å²) in [5.74, 6) is -2.44. The Balaban J connectivity index is 1.55. The Morgan fingerprint density at radius 1 is 1.16 bits per heavy atom. The van der Waals surface area contributed by atoms with Crippen LogP contribution in [0.4, 0.5) is 8.78 Å². The van der Waals surface area contributed by atoms with E-state index in [4.69, 9.17) is 4.74 Å². The normalized spacial score (nSPS) is 32.4. The molecule has 1 N–H and O–H groups in total. The lowest BCUT2D eigenvalue weighted by molar-refractivity contribution is -0.0627. The molecule has 5 heteroatoms. The van der Waals surface area contributed by atoms with Crippen molar-refractivity contribution in [2.75, 3.05) is 33.3 Å². The van der Waals surface area contributed by atoms with Crippen LogP contribution in [0.3, 0.4) is 0 Å². The molecule has 1 aliphatic carbocycles. The van der Waals surface area contributed by atoms with Crippen molar-refractivity contribution in [3.05, 3.63) is 0 Å². The number of alkyl halides is 2. The van der Waals surface area contributed by atoms with E-state index in [0.29, 0.717) is 31.8 Å². The molecule has 112 valence electrons. The molecule has 2 aliphatic rings. The van der Waals surface area contributed by atoms with Crippen molar-refractivity contribution in [2.24, 2.45) is 0 Å². The highest BCUT2D eigenvalue weighted by Crippen LogP contribution is 2.27. The Morgan fingerprint density at radius 3 is 2.37 bits per heavy atom. The van der Waals surface area contributed by atoms with Crippen LogP contribution in [0.2, 0.25) is 0 Å². The Labute approximate surface area is 114 Å². The lowest BCUT2D eigenvalue weighted by Gasteiger charge is -2.32. The molecule has 1 heterocycles. The fraction of sp³-hybridized carbons (Fsp3) is 1.00. The van der Waals surface area contributed by atoms with Crippen molar-refractivity contribution < 1.29 is 13.5 Å². The third kappa shape index (κ3) is 4.97. The average molecular weight is 276 g/mol. The molecule has 3 nitrogen and oxygen atoms in total. The van der Waals surface area contributed by atoms with E-state index in [1.807, 2.05) is 7.05 Å². The van der Waals surface area contributed by atoms with Gasteiger partial charge in [-0.2, -0.15) is 0 Å². The fourth-order valence-electron chi connectivity index (χ4n) is 2.97. The first-order valence-corrected chi connectivity index (χ1v) is 7.48. The quantitative estimate of drug-likeness (QED) is 0.833. The van der Waals surface area contributed by atoms with E-state index in [1.165, 1.54) is 12.8 Å². The molecule has 2 fully saturated rings. The number of halogens is 2. The second-order valence-electron chi connectivity index (χ2n) is 5.83. The molecule has 0 radical (unpaired) electrons. The van der Waals surface area contributed by atoms with E-state index in [2.05, 4.69) is 10.2 Å². The second kappa shape index (κ2) is 6.95. The van der Waals surface area contributed by atoms with E-state index >= 15 is 0 Å². The van der Waals surface area contributed by atoms with Crippen LogP contribution in [0.1, 0.15) is 38.5 Å². The summed E-state index contributed by atoms with van der Waals surface area (Å²) in [6.07, 6.45) is 4.96. The highest BCUT2D eigenvalue weighted by Gasteiger charge is 2.33. The minimum absolute atomic E-state index is 0.000276. The first-order chi connectivity index (χ1) is 9.09. The minimum Gasteiger partial charge on any atom is -0.377 e. The highest BCUT2D eigenvalue weighted by molar-refractivity contribution is 4.78. The zero-order valence-corrected chi connectivity index (χ0v) is 11.8. The van der Waals surface area contributed by atoms with Crippen LogP contribution < -0.4 is 5.32 Å². The summed E-state index contributed by atoms with van der Waals surface area (Å²) < 4.78 is 31.9.